The third-order valence-electron chi connectivity index (χ3n) is 3.21. The first kappa shape index (κ1) is 15.9. The van der Waals surface area contributed by atoms with Gasteiger partial charge in [-0.25, -0.2) is 0 Å². The highest BCUT2D eigenvalue weighted by Gasteiger charge is 2.07. The Labute approximate surface area is 134 Å². The Hall–Kier alpha value is -2.45. The molecule has 22 heavy (non-hydrogen) atoms. The zero-order valence-electron chi connectivity index (χ0n) is 12.0. The van der Waals surface area contributed by atoms with Crippen molar-refractivity contribution in [3.63, 3.8) is 0 Å². The fourth-order valence-corrected chi connectivity index (χ4v) is 2.22. The smallest absolute Gasteiger partial charge is 0.263 e. The Kier molecular flexibility index (Phi) is 5.87. The molecule has 1 heterocycles. The maximum atomic E-state index is 11.6. The molecule has 2 rings (SSSR count). The molecule has 0 saturated heterocycles. The molecule has 0 atom stereocenters. The lowest BCUT2D eigenvalue weighted by Gasteiger charge is -2.03. The van der Waals surface area contributed by atoms with E-state index in [1.165, 1.54) is 17.1 Å². The minimum atomic E-state index is -0.414. The summed E-state index contributed by atoms with van der Waals surface area (Å²) in [5.41, 5.74) is 2.34. The molecule has 0 spiro atoms. The van der Waals surface area contributed by atoms with Crippen molar-refractivity contribution in [1.29, 1.82) is 5.26 Å². The van der Waals surface area contributed by atoms with Crippen LogP contribution in [-0.4, -0.2) is 29.9 Å². The molecule has 5 nitrogen and oxygen atoms in total. The van der Waals surface area contributed by atoms with Crippen molar-refractivity contribution in [2.45, 2.75) is 6.42 Å². The average molecular weight is 317 g/mol. The van der Waals surface area contributed by atoms with Crippen LogP contribution in [0, 0.1) is 11.3 Å². The van der Waals surface area contributed by atoms with Crippen LogP contribution < -0.4 is 10.6 Å². The number of hydrogen-bond acceptors (Lipinski definition) is 3. The van der Waals surface area contributed by atoms with Crippen molar-refractivity contribution >= 4 is 28.4 Å². The molecule has 1 aromatic heterocycles. The van der Waals surface area contributed by atoms with E-state index in [1.807, 2.05) is 30.5 Å². The number of amides is 1. The van der Waals surface area contributed by atoms with Crippen molar-refractivity contribution in [2.24, 2.45) is 0 Å². The van der Waals surface area contributed by atoms with Crippen molar-refractivity contribution in [1.82, 2.24) is 15.6 Å². The lowest BCUT2D eigenvalue weighted by Crippen LogP contribution is -2.27. The molecule has 6 heteroatoms. The van der Waals surface area contributed by atoms with Gasteiger partial charge in [-0.3, -0.25) is 4.79 Å². The molecule has 0 unspecified atom stereocenters. The highest BCUT2D eigenvalue weighted by atomic mass is 35.5. The number of rotatable bonds is 7. The van der Waals surface area contributed by atoms with Gasteiger partial charge in [-0.05, 0) is 18.1 Å². The van der Waals surface area contributed by atoms with Gasteiger partial charge in [0, 0.05) is 42.3 Å². The second kappa shape index (κ2) is 8.11. The number of carbonyl (C=O) groups excluding carboxylic acids is 1. The third kappa shape index (κ3) is 4.03. The number of H-pyrrole nitrogens is 1. The quantitative estimate of drug-likeness (QED) is 0.316. The van der Waals surface area contributed by atoms with Gasteiger partial charge in [0.2, 0.25) is 0 Å². The van der Waals surface area contributed by atoms with E-state index in [0.717, 1.165) is 11.9 Å². The van der Waals surface area contributed by atoms with Gasteiger partial charge in [0.25, 0.3) is 5.91 Å². The van der Waals surface area contributed by atoms with E-state index in [1.54, 1.807) is 0 Å². The van der Waals surface area contributed by atoms with Gasteiger partial charge in [0.1, 0.15) is 11.6 Å². The lowest BCUT2D eigenvalue weighted by atomic mass is 10.1. The SMILES string of the molecule is N#C/C(=C/NCCc1c[nH]c2ccccc12)C(=O)NCCCl. The van der Waals surface area contributed by atoms with Gasteiger partial charge in [-0.1, -0.05) is 18.2 Å². The first-order chi connectivity index (χ1) is 10.8. The number of nitrogens with one attached hydrogen (secondary N) is 3. The molecule has 0 saturated carbocycles. The number of benzene rings is 1. The van der Waals surface area contributed by atoms with Gasteiger partial charge >= 0.3 is 0 Å². The summed E-state index contributed by atoms with van der Waals surface area (Å²) in [6.07, 6.45) is 4.22. The van der Waals surface area contributed by atoms with E-state index < -0.39 is 5.91 Å². The number of aromatic amines is 1. The maximum Gasteiger partial charge on any atom is 0.263 e. The van der Waals surface area contributed by atoms with Crippen LogP contribution >= 0.6 is 11.6 Å². The Morgan fingerprint density at radius 3 is 2.95 bits per heavy atom. The Morgan fingerprint density at radius 2 is 2.18 bits per heavy atom. The van der Waals surface area contributed by atoms with Crippen LogP contribution in [0.25, 0.3) is 10.9 Å². The first-order valence-electron chi connectivity index (χ1n) is 6.99. The van der Waals surface area contributed by atoms with Crippen molar-refractivity contribution in [3.05, 3.63) is 47.8 Å². The predicted molar refractivity (Wildman–Crippen MR) is 87.4 cm³/mol. The highest BCUT2D eigenvalue weighted by molar-refractivity contribution is 6.18. The van der Waals surface area contributed by atoms with Crippen LogP contribution in [0.3, 0.4) is 0 Å². The number of aromatic nitrogens is 1. The maximum absolute atomic E-state index is 11.6. The van der Waals surface area contributed by atoms with Crippen LogP contribution in [0.4, 0.5) is 0 Å². The fraction of sp³-hybridized carbons (Fsp3) is 0.250. The monoisotopic (exact) mass is 316 g/mol. The Morgan fingerprint density at radius 1 is 1.36 bits per heavy atom. The summed E-state index contributed by atoms with van der Waals surface area (Å²) in [7, 11) is 0. The number of halogens is 1. The summed E-state index contributed by atoms with van der Waals surface area (Å²) in [4.78, 5) is 14.8. The molecule has 0 radical (unpaired) electrons. The van der Waals surface area contributed by atoms with E-state index in [4.69, 9.17) is 16.9 Å². The number of alkyl halides is 1. The minimum Gasteiger partial charge on any atom is -0.389 e. The molecule has 0 aliphatic heterocycles. The largest absolute Gasteiger partial charge is 0.389 e. The molecule has 1 aromatic carbocycles. The van der Waals surface area contributed by atoms with Gasteiger partial charge < -0.3 is 15.6 Å². The van der Waals surface area contributed by atoms with Crippen LogP contribution in [0.2, 0.25) is 0 Å². The summed E-state index contributed by atoms with van der Waals surface area (Å²) < 4.78 is 0. The van der Waals surface area contributed by atoms with Crippen molar-refractivity contribution in [2.75, 3.05) is 19.0 Å². The van der Waals surface area contributed by atoms with Gasteiger partial charge in [0.15, 0.2) is 0 Å². The summed E-state index contributed by atoms with van der Waals surface area (Å²) in [6.45, 7) is 0.977. The lowest BCUT2D eigenvalue weighted by molar-refractivity contribution is -0.117. The highest BCUT2D eigenvalue weighted by Crippen LogP contribution is 2.17. The number of carbonyl (C=O) groups is 1. The number of fused-ring (bicyclic) bond motifs is 1. The second-order valence-corrected chi connectivity index (χ2v) is 5.06. The van der Waals surface area contributed by atoms with Crippen LogP contribution in [0.1, 0.15) is 5.56 Å². The number of hydrogen-bond donors (Lipinski definition) is 3. The molecule has 114 valence electrons. The van der Waals surface area contributed by atoms with Crippen molar-refractivity contribution in [3.8, 4) is 6.07 Å². The number of nitrogens with zero attached hydrogens (tertiary/aromatic N) is 1. The van der Waals surface area contributed by atoms with E-state index in [-0.39, 0.29) is 5.57 Å². The van der Waals surface area contributed by atoms with Crippen LogP contribution in [0.5, 0.6) is 0 Å². The van der Waals surface area contributed by atoms with E-state index in [9.17, 15) is 4.79 Å². The van der Waals surface area contributed by atoms with E-state index in [0.29, 0.717) is 19.0 Å². The fourth-order valence-electron chi connectivity index (χ4n) is 2.12. The molecule has 2 aromatic rings. The topological polar surface area (TPSA) is 80.7 Å². The summed E-state index contributed by atoms with van der Waals surface area (Å²) in [6, 6.07) is 9.96. The van der Waals surface area contributed by atoms with Crippen LogP contribution in [0.15, 0.2) is 42.2 Å². The standard InChI is InChI=1S/C16H17ClN4O/c17-6-8-20-16(22)13(9-18)10-19-7-5-12-11-21-15-4-2-1-3-14(12)15/h1-4,10-11,19,21H,5-8H2,(H,20,22)/b13-10-. The molecular weight excluding hydrogens is 300 g/mol. The van der Waals surface area contributed by atoms with Gasteiger partial charge in [-0.15, -0.1) is 11.6 Å². The minimum absolute atomic E-state index is 0.0454. The zero-order valence-corrected chi connectivity index (χ0v) is 12.8. The average Bonchev–Trinajstić information content (AvgIpc) is 2.96. The predicted octanol–water partition coefficient (Wildman–Crippen LogP) is 2.06. The summed E-state index contributed by atoms with van der Waals surface area (Å²) in [5, 5.41) is 15.7. The van der Waals surface area contributed by atoms with Crippen molar-refractivity contribution < 1.29 is 4.79 Å². The number of nitriles is 1. The Bertz CT molecular complexity index is 714. The van der Waals surface area contributed by atoms with E-state index >= 15 is 0 Å². The normalized spacial score (nSPS) is 11.2. The van der Waals surface area contributed by atoms with Gasteiger partial charge in [0.05, 0.1) is 0 Å². The molecular formula is C16H17ClN4O. The van der Waals surface area contributed by atoms with Crippen LogP contribution in [-0.2, 0) is 11.2 Å². The summed E-state index contributed by atoms with van der Waals surface area (Å²) >= 11 is 5.49. The molecule has 1 amide bonds. The molecule has 0 fully saturated rings. The summed E-state index contributed by atoms with van der Waals surface area (Å²) in [5.74, 6) is -0.0962. The zero-order chi connectivity index (χ0) is 15.8. The Balaban J connectivity index is 1.89. The van der Waals surface area contributed by atoms with Gasteiger partial charge in [-0.2, -0.15) is 5.26 Å². The molecule has 0 aliphatic rings. The molecule has 0 aliphatic carbocycles. The molecule has 0 bridgehead atoms. The second-order valence-electron chi connectivity index (χ2n) is 4.68. The molecule has 3 N–H and O–H groups in total. The third-order valence-corrected chi connectivity index (χ3v) is 3.39. The van der Waals surface area contributed by atoms with E-state index in [2.05, 4.69) is 21.7 Å². The number of para-hydroxylation sites is 1. The first-order valence-corrected chi connectivity index (χ1v) is 7.52.